The van der Waals surface area contributed by atoms with Crippen LogP contribution in [0.1, 0.15) is 23.1 Å². The Morgan fingerprint density at radius 2 is 2.22 bits per heavy atom. The van der Waals surface area contributed by atoms with Crippen LogP contribution in [0.15, 0.2) is 24.4 Å². The number of nitrogens with zero attached hydrogens (tertiary/aromatic N) is 3. The highest BCUT2D eigenvalue weighted by Crippen LogP contribution is 2.19. The smallest absolute Gasteiger partial charge is 0.358 e. The molecule has 0 radical (unpaired) electrons. The Morgan fingerprint density at radius 3 is 2.83 bits per heavy atom. The van der Waals surface area contributed by atoms with Gasteiger partial charge < -0.3 is 4.74 Å². The second-order valence-corrected chi connectivity index (χ2v) is 3.95. The SMILES string of the molecule is CCOC(=O)c1cc(-c2ccc(C)nc2)n(C)n1. The maximum absolute atomic E-state index is 11.6. The first kappa shape index (κ1) is 12.3. The number of carbonyl (C=O) groups is 1. The molecule has 0 aromatic carbocycles. The summed E-state index contributed by atoms with van der Waals surface area (Å²) in [6.07, 6.45) is 1.77. The van der Waals surface area contributed by atoms with Gasteiger partial charge in [0.15, 0.2) is 5.69 Å². The minimum Gasteiger partial charge on any atom is -0.461 e. The highest BCUT2D eigenvalue weighted by molar-refractivity contribution is 5.88. The summed E-state index contributed by atoms with van der Waals surface area (Å²) >= 11 is 0. The zero-order chi connectivity index (χ0) is 13.1. The van der Waals surface area contributed by atoms with Gasteiger partial charge in [-0.1, -0.05) is 0 Å². The molecule has 0 saturated carbocycles. The van der Waals surface area contributed by atoms with E-state index in [0.717, 1.165) is 17.0 Å². The van der Waals surface area contributed by atoms with Crippen LogP contribution in [0, 0.1) is 6.92 Å². The van der Waals surface area contributed by atoms with Crippen LogP contribution in [0.2, 0.25) is 0 Å². The van der Waals surface area contributed by atoms with Gasteiger partial charge in [0.05, 0.1) is 12.3 Å². The maximum atomic E-state index is 11.6. The van der Waals surface area contributed by atoms with E-state index in [9.17, 15) is 4.79 Å². The minimum absolute atomic E-state index is 0.315. The Morgan fingerprint density at radius 1 is 1.44 bits per heavy atom. The maximum Gasteiger partial charge on any atom is 0.358 e. The van der Waals surface area contributed by atoms with Gasteiger partial charge in [0.25, 0.3) is 0 Å². The molecule has 5 nitrogen and oxygen atoms in total. The summed E-state index contributed by atoms with van der Waals surface area (Å²) in [4.78, 5) is 15.8. The van der Waals surface area contributed by atoms with Crippen LogP contribution in [0.4, 0.5) is 0 Å². The van der Waals surface area contributed by atoms with Crippen LogP contribution in [0.3, 0.4) is 0 Å². The van der Waals surface area contributed by atoms with Crippen molar-refractivity contribution in [3.05, 3.63) is 35.8 Å². The Kier molecular flexibility index (Phi) is 3.41. The molecule has 18 heavy (non-hydrogen) atoms. The molecule has 0 aliphatic rings. The number of pyridine rings is 1. The normalized spacial score (nSPS) is 10.4. The third-order valence-electron chi connectivity index (χ3n) is 2.57. The van der Waals surface area contributed by atoms with Gasteiger partial charge in [0.1, 0.15) is 0 Å². The molecule has 0 amide bonds. The summed E-state index contributed by atoms with van der Waals surface area (Å²) in [5.41, 5.74) is 3.03. The molecule has 94 valence electrons. The molecule has 0 aliphatic heterocycles. The number of hydrogen-bond acceptors (Lipinski definition) is 4. The Bertz CT molecular complexity index is 558. The molecule has 0 aliphatic carbocycles. The molecule has 0 unspecified atom stereocenters. The van der Waals surface area contributed by atoms with Gasteiger partial charge in [-0.2, -0.15) is 5.10 Å². The largest absolute Gasteiger partial charge is 0.461 e. The molecule has 2 heterocycles. The van der Waals surface area contributed by atoms with Crippen LogP contribution < -0.4 is 0 Å². The van der Waals surface area contributed by atoms with Crippen molar-refractivity contribution in [3.8, 4) is 11.3 Å². The summed E-state index contributed by atoms with van der Waals surface area (Å²) in [5.74, 6) is -0.403. The fourth-order valence-electron chi connectivity index (χ4n) is 1.66. The average Bonchev–Trinajstić information content (AvgIpc) is 2.73. The predicted molar refractivity (Wildman–Crippen MR) is 67.1 cm³/mol. The highest BCUT2D eigenvalue weighted by Gasteiger charge is 2.14. The van der Waals surface area contributed by atoms with Gasteiger partial charge >= 0.3 is 5.97 Å². The lowest BCUT2D eigenvalue weighted by Gasteiger charge is -2.00. The van der Waals surface area contributed by atoms with Gasteiger partial charge in [0.2, 0.25) is 0 Å². The Labute approximate surface area is 105 Å². The molecule has 5 heteroatoms. The predicted octanol–water partition coefficient (Wildman–Crippen LogP) is 1.97. The van der Waals surface area contributed by atoms with Crippen molar-refractivity contribution in [2.75, 3.05) is 6.61 Å². The number of ether oxygens (including phenoxy) is 1. The van der Waals surface area contributed by atoms with Gasteiger partial charge in [-0.3, -0.25) is 9.67 Å². The zero-order valence-electron chi connectivity index (χ0n) is 10.7. The van der Waals surface area contributed by atoms with Gasteiger partial charge in [-0.25, -0.2) is 4.79 Å². The number of hydrogen-bond donors (Lipinski definition) is 0. The molecule has 0 N–H and O–H groups in total. The van der Waals surface area contributed by atoms with E-state index in [-0.39, 0.29) is 0 Å². The first-order valence-corrected chi connectivity index (χ1v) is 5.76. The van der Waals surface area contributed by atoms with Crippen LogP contribution in [0.25, 0.3) is 11.3 Å². The van der Waals surface area contributed by atoms with Crippen LogP contribution in [-0.2, 0) is 11.8 Å². The minimum atomic E-state index is -0.403. The molecular formula is C13H15N3O2. The zero-order valence-corrected chi connectivity index (χ0v) is 10.7. The van der Waals surface area contributed by atoms with Crippen LogP contribution in [0.5, 0.6) is 0 Å². The number of aryl methyl sites for hydroxylation is 2. The molecule has 2 rings (SSSR count). The van der Waals surface area contributed by atoms with Crippen molar-refractivity contribution in [2.45, 2.75) is 13.8 Å². The molecule has 0 fully saturated rings. The van der Waals surface area contributed by atoms with Gasteiger partial charge in [0, 0.05) is 24.5 Å². The third kappa shape index (κ3) is 2.40. The molecule has 2 aromatic rings. The average molecular weight is 245 g/mol. The Balaban J connectivity index is 2.34. The van der Waals surface area contributed by atoms with Crippen LogP contribution in [-0.4, -0.2) is 27.3 Å². The lowest BCUT2D eigenvalue weighted by atomic mass is 10.2. The van der Waals surface area contributed by atoms with Gasteiger partial charge in [-0.05, 0) is 32.0 Å². The number of aromatic nitrogens is 3. The second-order valence-electron chi connectivity index (χ2n) is 3.95. The fraction of sp³-hybridized carbons (Fsp3) is 0.308. The molecule has 0 atom stereocenters. The van der Waals surface area contributed by atoms with Crippen molar-refractivity contribution in [2.24, 2.45) is 7.05 Å². The quantitative estimate of drug-likeness (QED) is 0.776. The lowest BCUT2D eigenvalue weighted by molar-refractivity contribution is 0.0518. The van der Waals surface area contributed by atoms with E-state index in [0.29, 0.717) is 12.3 Å². The van der Waals surface area contributed by atoms with E-state index >= 15 is 0 Å². The van der Waals surface area contributed by atoms with E-state index in [1.807, 2.05) is 19.1 Å². The number of esters is 1. The van der Waals surface area contributed by atoms with Gasteiger partial charge in [-0.15, -0.1) is 0 Å². The fourth-order valence-corrected chi connectivity index (χ4v) is 1.66. The number of carbonyl (C=O) groups excluding carboxylic acids is 1. The monoisotopic (exact) mass is 245 g/mol. The molecule has 0 spiro atoms. The first-order chi connectivity index (χ1) is 8.61. The molecule has 0 bridgehead atoms. The molecule has 2 aromatic heterocycles. The Hall–Kier alpha value is -2.17. The summed E-state index contributed by atoms with van der Waals surface area (Å²) in [6, 6.07) is 5.59. The molecule has 0 saturated heterocycles. The van der Waals surface area contributed by atoms with Crippen LogP contribution >= 0.6 is 0 Å². The second kappa shape index (κ2) is 5.00. The van der Waals surface area contributed by atoms with E-state index in [2.05, 4.69) is 10.1 Å². The summed E-state index contributed by atoms with van der Waals surface area (Å²) in [6.45, 7) is 4.04. The first-order valence-electron chi connectivity index (χ1n) is 5.76. The van der Waals surface area contributed by atoms with Crippen molar-refractivity contribution >= 4 is 5.97 Å². The van der Waals surface area contributed by atoms with Crippen molar-refractivity contribution in [1.29, 1.82) is 0 Å². The lowest BCUT2D eigenvalue weighted by Crippen LogP contribution is -2.05. The number of rotatable bonds is 3. The van der Waals surface area contributed by atoms with Crippen molar-refractivity contribution in [3.63, 3.8) is 0 Å². The summed E-state index contributed by atoms with van der Waals surface area (Å²) in [7, 11) is 1.79. The summed E-state index contributed by atoms with van der Waals surface area (Å²) < 4.78 is 6.57. The van der Waals surface area contributed by atoms with E-state index in [1.165, 1.54) is 0 Å². The van der Waals surface area contributed by atoms with E-state index in [4.69, 9.17) is 4.74 Å². The molecular weight excluding hydrogens is 230 g/mol. The van der Waals surface area contributed by atoms with E-state index in [1.54, 1.807) is 30.9 Å². The van der Waals surface area contributed by atoms with E-state index < -0.39 is 5.97 Å². The standard InChI is InChI=1S/C13H15N3O2/c1-4-18-13(17)11-7-12(16(3)15-11)10-6-5-9(2)14-8-10/h5-8H,4H2,1-3H3. The van der Waals surface area contributed by atoms with Crippen molar-refractivity contribution in [1.82, 2.24) is 14.8 Å². The van der Waals surface area contributed by atoms with Crippen molar-refractivity contribution < 1.29 is 9.53 Å². The summed E-state index contributed by atoms with van der Waals surface area (Å²) in [5, 5.41) is 4.14. The topological polar surface area (TPSA) is 57.0 Å². The third-order valence-corrected chi connectivity index (χ3v) is 2.57. The highest BCUT2D eigenvalue weighted by atomic mass is 16.5.